The number of nitrogens with zero attached hydrogens (tertiary/aromatic N) is 2. The summed E-state index contributed by atoms with van der Waals surface area (Å²) in [6.07, 6.45) is 3.34. The number of carbonyl (C=O) groups excluding carboxylic acids is 1. The summed E-state index contributed by atoms with van der Waals surface area (Å²) in [5, 5.41) is 4.09. The average Bonchev–Trinajstić information content (AvgIpc) is 3.32. The second-order valence-electron chi connectivity index (χ2n) is 7.66. The summed E-state index contributed by atoms with van der Waals surface area (Å²) in [4.78, 5) is 30.3. The highest BCUT2D eigenvalue weighted by Crippen LogP contribution is 2.19. The molecule has 1 N–H and O–H groups in total. The number of furan rings is 1. The van der Waals surface area contributed by atoms with E-state index < -0.39 is 0 Å². The van der Waals surface area contributed by atoms with Gasteiger partial charge >= 0.3 is 0 Å². The molecule has 0 bridgehead atoms. The lowest BCUT2D eigenvalue weighted by atomic mass is 10.1. The minimum absolute atomic E-state index is 0.0539. The van der Waals surface area contributed by atoms with Crippen LogP contribution < -0.4 is 10.9 Å². The maximum atomic E-state index is 13.1. The molecule has 0 aliphatic rings. The number of aromatic nitrogens is 2. The first-order valence-electron chi connectivity index (χ1n) is 10.6. The van der Waals surface area contributed by atoms with Crippen molar-refractivity contribution in [2.24, 2.45) is 0 Å². The van der Waals surface area contributed by atoms with Gasteiger partial charge in [-0.05, 0) is 49.6 Å². The highest BCUT2D eigenvalue weighted by Gasteiger charge is 2.15. The fraction of sp³-hybridized carbons (Fsp3) is 0.240. The number of hydrogen-bond donors (Lipinski definition) is 1. The van der Waals surface area contributed by atoms with Gasteiger partial charge in [-0.15, -0.1) is 0 Å². The van der Waals surface area contributed by atoms with E-state index in [1.54, 1.807) is 23.0 Å². The Labute approximate surface area is 190 Å². The number of hydrogen-bond acceptors (Lipinski definition) is 5. The third-order valence-corrected chi connectivity index (χ3v) is 6.15. The summed E-state index contributed by atoms with van der Waals surface area (Å²) < 4.78 is 6.99. The van der Waals surface area contributed by atoms with Gasteiger partial charge in [-0.2, -0.15) is 0 Å². The zero-order valence-corrected chi connectivity index (χ0v) is 18.7. The average molecular weight is 448 g/mol. The molecule has 1 amide bonds. The van der Waals surface area contributed by atoms with Crippen LogP contribution in [0.4, 0.5) is 0 Å². The molecule has 0 spiro atoms. The third-order valence-electron chi connectivity index (χ3n) is 5.17. The second-order valence-corrected chi connectivity index (χ2v) is 8.61. The molecule has 0 fully saturated rings. The zero-order chi connectivity index (χ0) is 22.3. The van der Waals surface area contributed by atoms with Gasteiger partial charge in [-0.3, -0.25) is 14.2 Å². The Bertz CT molecular complexity index is 1240. The zero-order valence-electron chi connectivity index (χ0n) is 17.9. The van der Waals surface area contributed by atoms with Gasteiger partial charge in [-0.25, -0.2) is 4.98 Å². The predicted octanol–water partition coefficient (Wildman–Crippen LogP) is 4.27. The van der Waals surface area contributed by atoms with Crippen LogP contribution in [-0.2, 0) is 17.8 Å². The molecule has 0 aliphatic heterocycles. The molecule has 2 aromatic carbocycles. The van der Waals surface area contributed by atoms with Crippen molar-refractivity contribution in [3.63, 3.8) is 0 Å². The summed E-state index contributed by atoms with van der Waals surface area (Å²) in [5.74, 6) is 0.756. The number of nitrogens with one attached hydrogen (secondary N) is 1. The molecule has 0 unspecified atom stereocenters. The first-order valence-corrected chi connectivity index (χ1v) is 11.6. The lowest BCUT2D eigenvalue weighted by Gasteiger charge is -2.15. The van der Waals surface area contributed by atoms with E-state index in [4.69, 9.17) is 4.42 Å². The highest BCUT2D eigenvalue weighted by molar-refractivity contribution is 7.99. The number of carbonyl (C=O) groups is 1. The quantitative estimate of drug-likeness (QED) is 0.306. The second kappa shape index (κ2) is 10.3. The molecule has 2 aromatic heterocycles. The van der Waals surface area contributed by atoms with Gasteiger partial charge in [0, 0.05) is 6.04 Å². The van der Waals surface area contributed by atoms with Crippen molar-refractivity contribution in [2.75, 3.05) is 5.75 Å². The van der Waals surface area contributed by atoms with Crippen LogP contribution in [0.2, 0.25) is 0 Å². The fourth-order valence-electron chi connectivity index (χ4n) is 3.50. The summed E-state index contributed by atoms with van der Waals surface area (Å²) in [5.41, 5.74) is 1.73. The van der Waals surface area contributed by atoms with Crippen molar-refractivity contribution in [3.05, 3.63) is 94.7 Å². The Balaban J connectivity index is 1.43. The number of amides is 1. The first-order chi connectivity index (χ1) is 15.6. The molecule has 32 heavy (non-hydrogen) atoms. The van der Waals surface area contributed by atoms with Gasteiger partial charge < -0.3 is 9.73 Å². The summed E-state index contributed by atoms with van der Waals surface area (Å²) in [6, 6.07) is 21.1. The number of rotatable bonds is 9. The smallest absolute Gasteiger partial charge is 0.262 e. The van der Waals surface area contributed by atoms with E-state index in [0.29, 0.717) is 21.8 Å². The number of aryl methyl sites for hydroxylation is 1. The molecule has 164 valence electrons. The van der Waals surface area contributed by atoms with E-state index in [-0.39, 0.29) is 29.8 Å². The normalized spacial score (nSPS) is 12.0. The first kappa shape index (κ1) is 21.9. The lowest BCUT2D eigenvalue weighted by Crippen LogP contribution is -2.34. The topological polar surface area (TPSA) is 77.1 Å². The van der Waals surface area contributed by atoms with Crippen LogP contribution in [0.25, 0.3) is 10.9 Å². The van der Waals surface area contributed by atoms with E-state index in [2.05, 4.69) is 22.4 Å². The van der Waals surface area contributed by atoms with Gasteiger partial charge in [0.05, 0.1) is 29.5 Å². The van der Waals surface area contributed by atoms with Crippen molar-refractivity contribution >= 4 is 28.6 Å². The van der Waals surface area contributed by atoms with Gasteiger partial charge in [0.2, 0.25) is 5.91 Å². The van der Waals surface area contributed by atoms with Gasteiger partial charge in [0.25, 0.3) is 5.56 Å². The minimum Gasteiger partial charge on any atom is -0.467 e. The molecule has 4 rings (SSSR count). The van der Waals surface area contributed by atoms with Gasteiger partial charge in [0.1, 0.15) is 5.76 Å². The highest BCUT2D eigenvalue weighted by atomic mass is 32.2. The molecule has 0 radical (unpaired) electrons. The molecule has 0 saturated carbocycles. The summed E-state index contributed by atoms with van der Waals surface area (Å²) in [7, 11) is 0. The summed E-state index contributed by atoms with van der Waals surface area (Å²) >= 11 is 1.26. The van der Waals surface area contributed by atoms with Gasteiger partial charge in [0.15, 0.2) is 5.16 Å². The van der Waals surface area contributed by atoms with Gasteiger partial charge in [-0.1, -0.05) is 54.2 Å². The Morgan fingerprint density at radius 2 is 1.88 bits per heavy atom. The van der Waals surface area contributed by atoms with Crippen molar-refractivity contribution in [3.8, 4) is 0 Å². The Morgan fingerprint density at radius 3 is 2.66 bits per heavy atom. The lowest BCUT2D eigenvalue weighted by molar-refractivity contribution is -0.119. The Morgan fingerprint density at radius 1 is 1.09 bits per heavy atom. The third kappa shape index (κ3) is 5.48. The fourth-order valence-corrected chi connectivity index (χ4v) is 4.31. The molecule has 1 atom stereocenters. The van der Waals surface area contributed by atoms with Crippen LogP contribution >= 0.6 is 11.8 Å². The molecule has 4 aromatic rings. The Kier molecular flexibility index (Phi) is 7.07. The monoisotopic (exact) mass is 447 g/mol. The van der Waals surface area contributed by atoms with E-state index in [9.17, 15) is 9.59 Å². The van der Waals surface area contributed by atoms with Crippen LogP contribution in [0.5, 0.6) is 0 Å². The molecule has 7 heteroatoms. The number of thioether (sulfide) groups is 1. The van der Waals surface area contributed by atoms with Crippen LogP contribution in [0, 0.1) is 0 Å². The predicted molar refractivity (Wildman–Crippen MR) is 127 cm³/mol. The minimum atomic E-state index is -0.147. The maximum absolute atomic E-state index is 13.1. The summed E-state index contributed by atoms with van der Waals surface area (Å²) in [6.45, 7) is 2.27. The SMILES string of the molecule is C[C@@H](CCc1ccccc1)NC(=O)CSc1nc2ccccc2c(=O)n1Cc1ccco1. The molecule has 0 saturated heterocycles. The largest absolute Gasteiger partial charge is 0.467 e. The standard InChI is InChI=1S/C25H25N3O3S/c1-18(13-14-19-8-3-2-4-9-19)26-23(29)17-32-25-27-22-12-6-5-11-21(22)24(30)28(25)16-20-10-7-15-31-20/h2-12,15,18H,13-14,16-17H2,1H3,(H,26,29)/t18-/m0/s1. The van der Waals surface area contributed by atoms with E-state index in [1.165, 1.54) is 17.3 Å². The molecular weight excluding hydrogens is 422 g/mol. The van der Waals surface area contributed by atoms with Crippen molar-refractivity contribution in [1.82, 2.24) is 14.9 Å². The van der Waals surface area contributed by atoms with Crippen LogP contribution in [0.3, 0.4) is 0 Å². The molecule has 6 nitrogen and oxygen atoms in total. The van der Waals surface area contributed by atoms with Crippen LogP contribution in [0.15, 0.2) is 87.4 Å². The van der Waals surface area contributed by atoms with Crippen molar-refractivity contribution in [1.29, 1.82) is 0 Å². The molecule has 2 heterocycles. The van der Waals surface area contributed by atoms with Crippen LogP contribution in [-0.4, -0.2) is 27.3 Å². The Hall–Kier alpha value is -3.32. The maximum Gasteiger partial charge on any atom is 0.262 e. The van der Waals surface area contributed by atoms with E-state index >= 15 is 0 Å². The number of fused-ring (bicyclic) bond motifs is 1. The number of para-hydroxylation sites is 1. The molecule has 0 aliphatic carbocycles. The van der Waals surface area contributed by atoms with Crippen molar-refractivity contribution in [2.45, 2.75) is 37.5 Å². The number of benzene rings is 2. The van der Waals surface area contributed by atoms with Crippen molar-refractivity contribution < 1.29 is 9.21 Å². The molecular formula is C25H25N3O3S. The van der Waals surface area contributed by atoms with E-state index in [0.717, 1.165) is 12.8 Å². The van der Waals surface area contributed by atoms with Crippen LogP contribution in [0.1, 0.15) is 24.7 Å². The van der Waals surface area contributed by atoms with E-state index in [1.807, 2.05) is 49.4 Å².